The van der Waals surface area contributed by atoms with Crippen molar-refractivity contribution in [2.75, 3.05) is 5.32 Å². The van der Waals surface area contributed by atoms with E-state index >= 15 is 0 Å². The number of nitrogens with one attached hydrogen (secondary N) is 1. The van der Waals surface area contributed by atoms with E-state index in [-0.39, 0.29) is 12.1 Å². The molecule has 2 nitrogen and oxygen atoms in total. The fraction of sp³-hybridized carbons (Fsp3) is 0.500. The molecule has 94 valence electrons. The number of hydrogen-bond acceptors (Lipinski definition) is 3. The summed E-state index contributed by atoms with van der Waals surface area (Å²) < 4.78 is 24.8. The lowest BCUT2D eigenvalue weighted by atomic mass is 10.2. The van der Waals surface area contributed by atoms with Gasteiger partial charge in [-0.2, -0.15) is 8.78 Å². The zero-order chi connectivity index (χ0) is 12.3. The zero-order valence-electron chi connectivity index (χ0n) is 9.27. The van der Waals surface area contributed by atoms with Gasteiger partial charge in [-0.15, -0.1) is 0 Å². The van der Waals surface area contributed by atoms with E-state index in [1.165, 1.54) is 0 Å². The van der Waals surface area contributed by atoms with Crippen LogP contribution in [0.2, 0.25) is 0 Å². The molecule has 5 heteroatoms. The quantitative estimate of drug-likeness (QED) is 0.813. The van der Waals surface area contributed by atoms with E-state index < -0.39 is 5.76 Å². The van der Waals surface area contributed by atoms with E-state index in [0.29, 0.717) is 22.3 Å². The SMILES string of the molecule is OC1CCCC1Nc1ccccc1SC(F)F. The van der Waals surface area contributed by atoms with Gasteiger partial charge in [0, 0.05) is 10.6 Å². The third kappa shape index (κ3) is 3.33. The lowest BCUT2D eigenvalue weighted by Gasteiger charge is -2.19. The number of benzene rings is 1. The van der Waals surface area contributed by atoms with Gasteiger partial charge < -0.3 is 10.4 Å². The van der Waals surface area contributed by atoms with Crippen LogP contribution in [0.3, 0.4) is 0 Å². The van der Waals surface area contributed by atoms with Gasteiger partial charge >= 0.3 is 0 Å². The highest BCUT2D eigenvalue weighted by molar-refractivity contribution is 7.99. The van der Waals surface area contributed by atoms with Crippen molar-refractivity contribution in [2.45, 2.75) is 42.1 Å². The van der Waals surface area contributed by atoms with Crippen LogP contribution in [0.5, 0.6) is 0 Å². The molecule has 2 unspecified atom stereocenters. The molecule has 1 aromatic carbocycles. The van der Waals surface area contributed by atoms with Gasteiger partial charge in [0.2, 0.25) is 0 Å². The Bertz CT molecular complexity index is 375. The summed E-state index contributed by atoms with van der Waals surface area (Å²) in [7, 11) is 0. The Kier molecular flexibility index (Phi) is 4.23. The van der Waals surface area contributed by atoms with Crippen molar-refractivity contribution in [2.24, 2.45) is 0 Å². The fourth-order valence-electron chi connectivity index (χ4n) is 2.09. The first kappa shape index (κ1) is 12.6. The number of thioether (sulfide) groups is 1. The minimum Gasteiger partial charge on any atom is -0.391 e. The van der Waals surface area contributed by atoms with Gasteiger partial charge in [0.05, 0.1) is 12.1 Å². The number of alkyl halides is 2. The second kappa shape index (κ2) is 5.69. The Morgan fingerprint density at radius 3 is 2.71 bits per heavy atom. The third-order valence-corrected chi connectivity index (χ3v) is 3.71. The maximum atomic E-state index is 12.4. The molecule has 1 saturated carbocycles. The lowest BCUT2D eigenvalue weighted by Crippen LogP contribution is -2.28. The van der Waals surface area contributed by atoms with E-state index in [1.807, 2.05) is 0 Å². The standard InChI is InChI=1S/C12H15F2NOS/c13-12(14)17-11-7-2-1-4-9(11)15-8-5-3-6-10(8)16/h1-2,4,7-8,10,12,15-16H,3,5-6H2. The summed E-state index contributed by atoms with van der Waals surface area (Å²) in [5.41, 5.74) is 0.684. The lowest BCUT2D eigenvalue weighted by molar-refractivity contribution is 0.171. The number of anilines is 1. The molecule has 0 amide bonds. The molecule has 17 heavy (non-hydrogen) atoms. The molecule has 1 aliphatic rings. The van der Waals surface area contributed by atoms with E-state index in [4.69, 9.17) is 0 Å². The van der Waals surface area contributed by atoms with Crippen LogP contribution < -0.4 is 5.32 Å². The van der Waals surface area contributed by atoms with Gasteiger partial charge in [0.25, 0.3) is 5.76 Å². The zero-order valence-corrected chi connectivity index (χ0v) is 10.1. The highest BCUT2D eigenvalue weighted by Crippen LogP contribution is 2.33. The molecule has 1 aliphatic carbocycles. The van der Waals surface area contributed by atoms with Gasteiger partial charge in [-0.3, -0.25) is 0 Å². The van der Waals surface area contributed by atoms with Gasteiger partial charge in [-0.05, 0) is 31.4 Å². The smallest absolute Gasteiger partial charge is 0.288 e. The number of rotatable bonds is 4. The molecule has 0 heterocycles. The first-order valence-corrected chi connectivity index (χ1v) is 6.53. The summed E-state index contributed by atoms with van der Waals surface area (Å²) in [4.78, 5) is 0.529. The first-order valence-electron chi connectivity index (χ1n) is 5.65. The molecule has 1 fully saturated rings. The van der Waals surface area contributed by atoms with Gasteiger partial charge in [0.1, 0.15) is 0 Å². The second-order valence-electron chi connectivity index (χ2n) is 4.12. The first-order chi connectivity index (χ1) is 8.16. The van der Waals surface area contributed by atoms with Crippen LogP contribution >= 0.6 is 11.8 Å². The van der Waals surface area contributed by atoms with Gasteiger partial charge in [-0.25, -0.2) is 0 Å². The average Bonchev–Trinajstić information content (AvgIpc) is 2.67. The van der Waals surface area contributed by atoms with E-state index in [2.05, 4.69) is 5.32 Å². The summed E-state index contributed by atoms with van der Waals surface area (Å²) in [5.74, 6) is -2.42. The Balaban J connectivity index is 2.09. The van der Waals surface area contributed by atoms with Crippen molar-refractivity contribution < 1.29 is 13.9 Å². The Hall–Kier alpha value is -0.810. The molecule has 2 N–H and O–H groups in total. The van der Waals surface area contributed by atoms with Crippen LogP contribution in [0.25, 0.3) is 0 Å². The number of hydrogen-bond donors (Lipinski definition) is 2. The highest BCUT2D eigenvalue weighted by Gasteiger charge is 2.25. The summed E-state index contributed by atoms with van der Waals surface area (Å²) in [6.07, 6.45) is 2.26. The number of halogens is 2. The second-order valence-corrected chi connectivity index (χ2v) is 5.16. The number of aliphatic hydroxyl groups excluding tert-OH is 1. The Morgan fingerprint density at radius 2 is 2.06 bits per heavy atom. The summed E-state index contributed by atoms with van der Waals surface area (Å²) in [6, 6.07) is 6.96. The predicted octanol–water partition coefficient (Wildman–Crippen LogP) is 3.33. The maximum absolute atomic E-state index is 12.4. The minimum absolute atomic E-state index is 0.0191. The van der Waals surface area contributed by atoms with Crippen molar-refractivity contribution in [1.82, 2.24) is 0 Å². The molecule has 2 atom stereocenters. The Labute approximate surface area is 103 Å². The molecule has 2 rings (SSSR count). The van der Waals surface area contributed by atoms with E-state index in [0.717, 1.165) is 19.3 Å². The van der Waals surface area contributed by atoms with E-state index in [1.54, 1.807) is 24.3 Å². The molecule has 0 aromatic heterocycles. The van der Waals surface area contributed by atoms with Crippen LogP contribution in [-0.4, -0.2) is 23.0 Å². The van der Waals surface area contributed by atoms with Crippen LogP contribution in [-0.2, 0) is 0 Å². The molecule has 0 aliphatic heterocycles. The molecular formula is C12H15F2NOS. The normalized spacial score (nSPS) is 24.2. The van der Waals surface area contributed by atoms with Crippen LogP contribution in [0.15, 0.2) is 29.2 Å². The highest BCUT2D eigenvalue weighted by atomic mass is 32.2. The van der Waals surface area contributed by atoms with Gasteiger partial charge in [0.15, 0.2) is 0 Å². The van der Waals surface area contributed by atoms with E-state index in [9.17, 15) is 13.9 Å². The summed E-state index contributed by atoms with van der Waals surface area (Å²) in [5, 5.41) is 12.9. The topological polar surface area (TPSA) is 32.3 Å². The fourth-order valence-corrected chi connectivity index (χ4v) is 2.70. The number of aliphatic hydroxyl groups is 1. The van der Waals surface area contributed by atoms with Crippen LogP contribution in [0.4, 0.5) is 14.5 Å². The molecular weight excluding hydrogens is 244 g/mol. The van der Waals surface area contributed by atoms with Crippen molar-refractivity contribution in [3.05, 3.63) is 24.3 Å². The molecule has 0 spiro atoms. The monoisotopic (exact) mass is 259 g/mol. The molecule has 0 saturated heterocycles. The van der Waals surface area contributed by atoms with Crippen molar-refractivity contribution in [1.29, 1.82) is 0 Å². The summed E-state index contributed by atoms with van der Waals surface area (Å²) in [6.45, 7) is 0. The third-order valence-electron chi connectivity index (χ3n) is 2.92. The largest absolute Gasteiger partial charge is 0.391 e. The predicted molar refractivity (Wildman–Crippen MR) is 65.6 cm³/mol. The van der Waals surface area contributed by atoms with Crippen molar-refractivity contribution >= 4 is 17.4 Å². The van der Waals surface area contributed by atoms with Crippen LogP contribution in [0.1, 0.15) is 19.3 Å². The number of para-hydroxylation sites is 1. The maximum Gasteiger partial charge on any atom is 0.288 e. The van der Waals surface area contributed by atoms with Crippen molar-refractivity contribution in [3.8, 4) is 0 Å². The summed E-state index contributed by atoms with van der Waals surface area (Å²) >= 11 is 0.532. The van der Waals surface area contributed by atoms with Gasteiger partial charge in [-0.1, -0.05) is 23.9 Å². The minimum atomic E-state index is -2.42. The van der Waals surface area contributed by atoms with Crippen molar-refractivity contribution in [3.63, 3.8) is 0 Å². The Morgan fingerprint density at radius 1 is 1.29 bits per heavy atom. The molecule has 1 aromatic rings. The molecule has 0 bridgehead atoms. The average molecular weight is 259 g/mol. The molecule has 0 radical (unpaired) electrons. The van der Waals surface area contributed by atoms with Crippen LogP contribution in [0, 0.1) is 0 Å².